The highest BCUT2D eigenvalue weighted by Crippen LogP contribution is 2.18. The Kier molecular flexibility index (Phi) is 2.02. The van der Waals surface area contributed by atoms with E-state index >= 15 is 0 Å². The van der Waals surface area contributed by atoms with Gasteiger partial charge in [-0.15, -0.1) is 0 Å². The first kappa shape index (κ1) is 8.25. The summed E-state index contributed by atoms with van der Waals surface area (Å²) in [5.41, 5.74) is 5.52. The van der Waals surface area contributed by atoms with E-state index in [1.54, 1.807) is 6.07 Å². The van der Waals surface area contributed by atoms with Crippen LogP contribution in [0.15, 0.2) is 12.4 Å². The smallest absolute Gasteiger partial charge is 0.134 e. The number of nitrogen functional groups attached to an aromatic ring is 1. The number of hydrogen-bond acceptors (Lipinski definition) is 5. The largest absolute Gasteiger partial charge is 0.391 e. The molecule has 5 nitrogen and oxygen atoms in total. The monoisotopic (exact) mass is 180 g/mol. The van der Waals surface area contributed by atoms with Gasteiger partial charge in [-0.2, -0.15) is 0 Å². The van der Waals surface area contributed by atoms with Gasteiger partial charge in [0, 0.05) is 19.2 Å². The molecule has 2 heterocycles. The van der Waals surface area contributed by atoms with Crippen LogP contribution in [0.2, 0.25) is 0 Å². The maximum atomic E-state index is 9.31. The normalized spacial score (nSPS) is 22.2. The molecule has 0 amide bonds. The Morgan fingerprint density at radius 2 is 2.38 bits per heavy atom. The maximum absolute atomic E-state index is 9.31. The first-order chi connectivity index (χ1) is 6.25. The summed E-state index contributed by atoms with van der Waals surface area (Å²) in [6, 6.07) is 1.72. The Morgan fingerprint density at radius 1 is 1.54 bits per heavy atom. The van der Waals surface area contributed by atoms with Crippen LogP contribution in [0.25, 0.3) is 0 Å². The average molecular weight is 180 g/mol. The van der Waals surface area contributed by atoms with Gasteiger partial charge in [0.2, 0.25) is 0 Å². The molecule has 2 rings (SSSR count). The average Bonchev–Trinajstić information content (AvgIpc) is 2.52. The highest BCUT2D eigenvalue weighted by atomic mass is 16.3. The van der Waals surface area contributed by atoms with Gasteiger partial charge in [-0.1, -0.05) is 0 Å². The van der Waals surface area contributed by atoms with Crippen molar-refractivity contribution in [3.05, 3.63) is 12.4 Å². The highest BCUT2D eigenvalue weighted by Gasteiger charge is 2.21. The molecule has 1 unspecified atom stereocenters. The van der Waals surface area contributed by atoms with E-state index < -0.39 is 0 Å². The van der Waals surface area contributed by atoms with Crippen LogP contribution < -0.4 is 10.6 Å². The molecule has 0 aliphatic carbocycles. The van der Waals surface area contributed by atoms with E-state index in [1.807, 2.05) is 4.90 Å². The third kappa shape index (κ3) is 1.70. The van der Waals surface area contributed by atoms with Crippen LogP contribution in [0.4, 0.5) is 11.6 Å². The van der Waals surface area contributed by atoms with E-state index in [0.717, 1.165) is 18.8 Å². The molecule has 0 aromatic carbocycles. The number of nitrogens with zero attached hydrogens (tertiary/aromatic N) is 3. The van der Waals surface area contributed by atoms with Crippen molar-refractivity contribution in [2.24, 2.45) is 0 Å². The molecule has 5 heteroatoms. The Hall–Kier alpha value is -1.36. The first-order valence-corrected chi connectivity index (χ1v) is 4.26. The summed E-state index contributed by atoms with van der Waals surface area (Å²) in [5, 5.41) is 9.31. The quantitative estimate of drug-likeness (QED) is 0.616. The zero-order valence-corrected chi connectivity index (χ0v) is 7.22. The lowest BCUT2D eigenvalue weighted by molar-refractivity contribution is 0.198. The molecule has 13 heavy (non-hydrogen) atoms. The predicted molar refractivity (Wildman–Crippen MR) is 49.3 cm³/mol. The predicted octanol–water partition coefficient (Wildman–Crippen LogP) is -0.370. The summed E-state index contributed by atoms with van der Waals surface area (Å²) in [5.74, 6) is 1.26. The molecular formula is C8H12N4O. The number of nitrogens with two attached hydrogens (primary N) is 1. The van der Waals surface area contributed by atoms with Gasteiger partial charge in [0.15, 0.2) is 0 Å². The number of aliphatic hydroxyl groups excluding tert-OH is 1. The summed E-state index contributed by atoms with van der Waals surface area (Å²) in [7, 11) is 0. The fourth-order valence-electron chi connectivity index (χ4n) is 1.48. The Morgan fingerprint density at radius 3 is 3.00 bits per heavy atom. The summed E-state index contributed by atoms with van der Waals surface area (Å²) >= 11 is 0. The molecule has 1 aliphatic heterocycles. The number of aliphatic hydroxyl groups is 1. The maximum Gasteiger partial charge on any atom is 0.134 e. The van der Waals surface area contributed by atoms with Gasteiger partial charge in [-0.25, -0.2) is 9.97 Å². The van der Waals surface area contributed by atoms with E-state index in [1.165, 1.54) is 6.33 Å². The molecule has 70 valence electrons. The van der Waals surface area contributed by atoms with E-state index in [-0.39, 0.29) is 6.10 Å². The second-order valence-corrected chi connectivity index (χ2v) is 3.19. The molecular weight excluding hydrogens is 168 g/mol. The third-order valence-corrected chi connectivity index (χ3v) is 2.16. The van der Waals surface area contributed by atoms with Crippen LogP contribution in [0.1, 0.15) is 6.42 Å². The fourth-order valence-corrected chi connectivity index (χ4v) is 1.48. The molecule has 0 spiro atoms. The van der Waals surface area contributed by atoms with Gasteiger partial charge in [0.05, 0.1) is 6.10 Å². The van der Waals surface area contributed by atoms with Crippen molar-refractivity contribution >= 4 is 11.6 Å². The fraction of sp³-hybridized carbons (Fsp3) is 0.500. The molecule has 1 aromatic heterocycles. The minimum Gasteiger partial charge on any atom is -0.391 e. The molecule has 1 aromatic rings. The molecule has 1 atom stereocenters. The first-order valence-electron chi connectivity index (χ1n) is 4.26. The number of rotatable bonds is 1. The minimum absolute atomic E-state index is 0.240. The van der Waals surface area contributed by atoms with Gasteiger partial charge >= 0.3 is 0 Å². The SMILES string of the molecule is Nc1cc(N2CCC(O)C2)ncn1. The van der Waals surface area contributed by atoms with E-state index in [0.29, 0.717) is 12.4 Å². The van der Waals surface area contributed by atoms with Crippen molar-refractivity contribution in [1.82, 2.24) is 9.97 Å². The van der Waals surface area contributed by atoms with Gasteiger partial charge < -0.3 is 15.7 Å². The lowest BCUT2D eigenvalue weighted by Crippen LogP contribution is -2.22. The second kappa shape index (κ2) is 3.18. The zero-order chi connectivity index (χ0) is 9.26. The molecule has 0 saturated carbocycles. The van der Waals surface area contributed by atoms with Gasteiger partial charge in [0.1, 0.15) is 18.0 Å². The molecule has 0 bridgehead atoms. The van der Waals surface area contributed by atoms with E-state index in [4.69, 9.17) is 5.73 Å². The second-order valence-electron chi connectivity index (χ2n) is 3.19. The van der Waals surface area contributed by atoms with Gasteiger partial charge in [0.25, 0.3) is 0 Å². The standard InChI is InChI=1S/C8H12N4O/c9-7-3-8(11-5-10-7)12-2-1-6(13)4-12/h3,5-6,13H,1-2,4H2,(H2,9,10,11). The van der Waals surface area contributed by atoms with Crippen molar-refractivity contribution in [3.8, 4) is 0 Å². The number of anilines is 2. The number of β-amino-alcohol motifs (C(OH)–C–C–N with tert-alkyl or cyclic N) is 1. The molecule has 1 saturated heterocycles. The van der Waals surface area contributed by atoms with Crippen molar-refractivity contribution < 1.29 is 5.11 Å². The Labute approximate surface area is 76.2 Å². The van der Waals surface area contributed by atoms with Crippen molar-refractivity contribution in [3.63, 3.8) is 0 Å². The molecule has 1 fully saturated rings. The summed E-state index contributed by atoms with van der Waals surface area (Å²) in [6.07, 6.45) is 2.00. The third-order valence-electron chi connectivity index (χ3n) is 2.16. The van der Waals surface area contributed by atoms with Crippen molar-refractivity contribution in [1.29, 1.82) is 0 Å². The molecule has 1 aliphatic rings. The number of aromatic nitrogens is 2. The molecule has 3 N–H and O–H groups in total. The van der Waals surface area contributed by atoms with Crippen LogP contribution in [-0.4, -0.2) is 34.3 Å². The van der Waals surface area contributed by atoms with Gasteiger partial charge in [-0.3, -0.25) is 0 Å². The molecule has 0 radical (unpaired) electrons. The highest BCUT2D eigenvalue weighted by molar-refractivity contribution is 5.46. The summed E-state index contributed by atoms with van der Waals surface area (Å²) in [4.78, 5) is 9.89. The minimum atomic E-state index is -0.240. The Balaban J connectivity index is 2.16. The van der Waals surface area contributed by atoms with E-state index in [9.17, 15) is 5.11 Å². The lowest BCUT2D eigenvalue weighted by atomic mass is 10.3. The van der Waals surface area contributed by atoms with Gasteiger partial charge in [-0.05, 0) is 6.42 Å². The van der Waals surface area contributed by atoms with Crippen molar-refractivity contribution in [2.75, 3.05) is 23.7 Å². The zero-order valence-electron chi connectivity index (χ0n) is 7.22. The summed E-state index contributed by atoms with van der Waals surface area (Å²) < 4.78 is 0. The lowest BCUT2D eigenvalue weighted by Gasteiger charge is -2.15. The van der Waals surface area contributed by atoms with Crippen LogP contribution in [0, 0.1) is 0 Å². The van der Waals surface area contributed by atoms with Crippen LogP contribution in [0.5, 0.6) is 0 Å². The number of hydrogen-bond donors (Lipinski definition) is 2. The van der Waals surface area contributed by atoms with Crippen LogP contribution >= 0.6 is 0 Å². The summed E-state index contributed by atoms with van der Waals surface area (Å²) in [6.45, 7) is 1.47. The van der Waals surface area contributed by atoms with Crippen LogP contribution in [0.3, 0.4) is 0 Å². The topological polar surface area (TPSA) is 75.3 Å². The van der Waals surface area contributed by atoms with Crippen LogP contribution in [-0.2, 0) is 0 Å². The van der Waals surface area contributed by atoms with Crippen molar-refractivity contribution in [2.45, 2.75) is 12.5 Å². The van der Waals surface area contributed by atoms with E-state index in [2.05, 4.69) is 9.97 Å². The Bertz CT molecular complexity index is 304.